The van der Waals surface area contributed by atoms with E-state index in [4.69, 9.17) is 0 Å². The Morgan fingerprint density at radius 3 is 2.77 bits per heavy atom. The summed E-state index contributed by atoms with van der Waals surface area (Å²) < 4.78 is 28.0. The molecule has 1 aliphatic rings. The first-order valence-corrected chi connectivity index (χ1v) is 11.3. The largest absolute Gasteiger partial charge is 0.326 e. The van der Waals surface area contributed by atoms with Crippen LogP contribution in [0.4, 0.5) is 20.2 Å². The second-order valence-electron chi connectivity index (χ2n) is 7.38. The van der Waals surface area contributed by atoms with Gasteiger partial charge in [0.05, 0.1) is 11.4 Å². The molecule has 1 heterocycles. The zero-order chi connectivity index (χ0) is 21.7. The van der Waals surface area contributed by atoms with E-state index in [0.29, 0.717) is 5.69 Å². The zero-order valence-electron chi connectivity index (χ0n) is 17.2. The summed E-state index contributed by atoms with van der Waals surface area (Å²) in [7, 11) is 0. The summed E-state index contributed by atoms with van der Waals surface area (Å²) in [4.78, 5) is 26.4. The van der Waals surface area contributed by atoms with Gasteiger partial charge in [-0.05, 0) is 42.7 Å². The first-order valence-electron chi connectivity index (χ1n) is 10.2. The van der Waals surface area contributed by atoms with Crippen LogP contribution < -0.4 is 10.2 Å². The van der Waals surface area contributed by atoms with E-state index < -0.39 is 17.0 Å². The van der Waals surface area contributed by atoms with Crippen LogP contribution in [0.5, 0.6) is 0 Å². The van der Waals surface area contributed by atoms with E-state index in [1.807, 2.05) is 13.0 Å². The molecule has 7 heteroatoms. The minimum absolute atomic E-state index is 0.0220. The molecule has 30 heavy (non-hydrogen) atoms. The Hall–Kier alpha value is -2.41. The summed E-state index contributed by atoms with van der Waals surface area (Å²) in [6, 6.07) is 10.3. The molecule has 2 amide bonds. The van der Waals surface area contributed by atoms with E-state index in [1.54, 1.807) is 18.2 Å². The minimum atomic E-state index is -0.650. The number of carbonyl (C=O) groups excluding carboxylic acids is 2. The normalized spacial score (nSPS) is 17.3. The molecular formula is C23H26F2N2O2S. The Labute approximate surface area is 180 Å². The molecule has 2 aromatic rings. The lowest BCUT2D eigenvalue weighted by Crippen LogP contribution is -2.29. The highest BCUT2D eigenvalue weighted by Gasteiger charge is 2.36. The summed E-state index contributed by atoms with van der Waals surface area (Å²) in [5.74, 6) is -1.43. The maximum Gasteiger partial charge on any atom is 0.238 e. The number of hydrogen-bond donors (Lipinski definition) is 1. The molecule has 0 bridgehead atoms. The lowest BCUT2D eigenvalue weighted by molar-refractivity contribution is -0.120. The van der Waals surface area contributed by atoms with Gasteiger partial charge < -0.3 is 5.32 Å². The molecule has 0 aromatic heterocycles. The van der Waals surface area contributed by atoms with Gasteiger partial charge in [-0.25, -0.2) is 8.78 Å². The van der Waals surface area contributed by atoms with Gasteiger partial charge in [0.25, 0.3) is 0 Å². The third-order valence-electron chi connectivity index (χ3n) is 5.24. The second kappa shape index (κ2) is 10.1. The van der Waals surface area contributed by atoms with Gasteiger partial charge in [0, 0.05) is 17.7 Å². The number of unbranched alkanes of at least 4 members (excludes halogenated alkanes) is 1. The Kier molecular flexibility index (Phi) is 7.48. The molecule has 1 N–H and O–H groups in total. The van der Waals surface area contributed by atoms with E-state index in [2.05, 4.69) is 12.2 Å². The Morgan fingerprint density at radius 1 is 1.23 bits per heavy atom. The highest BCUT2D eigenvalue weighted by atomic mass is 32.2. The molecule has 0 aliphatic carbocycles. The maximum atomic E-state index is 14.3. The third-order valence-corrected chi connectivity index (χ3v) is 6.46. The number of hydrogen-bond acceptors (Lipinski definition) is 3. The van der Waals surface area contributed by atoms with Crippen molar-refractivity contribution in [1.82, 2.24) is 0 Å². The van der Waals surface area contributed by atoms with Crippen LogP contribution in [0.2, 0.25) is 0 Å². The third kappa shape index (κ3) is 5.01. The lowest BCUT2D eigenvalue weighted by atomic mass is 9.98. The van der Waals surface area contributed by atoms with E-state index in [0.717, 1.165) is 49.4 Å². The van der Waals surface area contributed by atoms with Gasteiger partial charge in [0.2, 0.25) is 11.8 Å². The number of nitrogens with zero attached hydrogens (tertiary/aromatic N) is 1. The number of amides is 2. The van der Waals surface area contributed by atoms with Crippen LogP contribution in [0, 0.1) is 17.6 Å². The molecule has 4 nitrogen and oxygen atoms in total. The zero-order valence-corrected chi connectivity index (χ0v) is 18.0. The van der Waals surface area contributed by atoms with Gasteiger partial charge in [-0.1, -0.05) is 38.8 Å². The van der Waals surface area contributed by atoms with Gasteiger partial charge in [-0.15, -0.1) is 11.8 Å². The summed E-state index contributed by atoms with van der Waals surface area (Å²) in [6.07, 6.45) is 3.66. The SMILES string of the molecule is CCCCC(CC)C(=O)Nc1cccc(C2SCC(=O)N2c2cc(F)ccc2F)c1. The van der Waals surface area contributed by atoms with Gasteiger partial charge in [0.15, 0.2) is 0 Å². The fourth-order valence-corrected chi connectivity index (χ4v) is 4.75. The lowest BCUT2D eigenvalue weighted by Gasteiger charge is -2.25. The predicted octanol–water partition coefficient (Wildman–Crippen LogP) is 5.90. The van der Waals surface area contributed by atoms with Crippen LogP contribution in [0.15, 0.2) is 42.5 Å². The summed E-state index contributed by atoms with van der Waals surface area (Å²) in [6.45, 7) is 4.10. The molecule has 0 spiro atoms. The maximum absolute atomic E-state index is 14.3. The first kappa shape index (κ1) is 22.3. The summed E-state index contributed by atoms with van der Waals surface area (Å²) >= 11 is 1.35. The van der Waals surface area contributed by atoms with Crippen molar-refractivity contribution in [2.24, 2.45) is 5.92 Å². The first-order chi connectivity index (χ1) is 14.4. The van der Waals surface area contributed by atoms with Crippen LogP contribution in [0.25, 0.3) is 0 Å². The highest BCUT2D eigenvalue weighted by molar-refractivity contribution is 8.00. The Morgan fingerprint density at radius 2 is 2.03 bits per heavy atom. The molecule has 2 unspecified atom stereocenters. The number of thioether (sulfide) groups is 1. The molecular weight excluding hydrogens is 406 g/mol. The van der Waals surface area contributed by atoms with Crippen molar-refractivity contribution in [2.45, 2.75) is 44.9 Å². The van der Waals surface area contributed by atoms with Gasteiger partial charge in [-0.2, -0.15) is 0 Å². The molecule has 2 atom stereocenters. The quantitative estimate of drug-likeness (QED) is 0.565. The van der Waals surface area contributed by atoms with Crippen LogP contribution in [-0.4, -0.2) is 17.6 Å². The van der Waals surface area contributed by atoms with E-state index >= 15 is 0 Å². The predicted molar refractivity (Wildman–Crippen MR) is 117 cm³/mol. The average molecular weight is 433 g/mol. The number of nitrogens with one attached hydrogen (secondary N) is 1. The molecule has 1 fully saturated rings. The summed E-state index contributed by atoms with van der Waals surface area (Å²) in [5.41, 5.74) is 1.30. The molecule has 0 radical (unpaired) electrons. The van der Waals surface area contributed by atoms with Crippen molar-refractivity contribution < 1.29 is 18.4 Å². The second-order valence-corrected chi connectivity index (χ2v) is 8.45. The smallest absolute Gasteiger partial charge is 0.238 e. The van der Waals surface area contributed by atoms with Crippen LogP contribution in [0.3, 0.4) is 0 Å². The van der Waals surface area contributed by atoms with Crippen molar-refractivity contribution in [2.75, 3.05) is 16.0 Å². The van der Waals surface area contributed by atoms with E-state index in [1.165, 1.54) is 16.7 Å². The Bertz CT molecular complexity index is 922. The fraction of sp³-hybridized carbons (Fsp3) is 0.391. The van der Waals surface area contributed by atoms with Crippen molar-refractivity contribution >= 4 is 35.0 Å². The van der Waals surface area contributed by atoms with Gasteiger partial charge in [-0.3, -0.25) is 14.5 Å². The number of halogens is 2. The molecule has 160 valence electrons. The summed E-state index contributed by atoms with van der Waals surface area (Å²) in [5, 5.41) is 2.47. The topological polar surface area (TPSA) is 49.4 Å². The Balaban J connectivity index is 1.83. The average Bonchev–Trinajstić information content (AvgIpc) is 3.12. The van der Waals surface area contributed by atoms with Gasteiger partial charge >= 0.3 is 0 Å². The monoisotopic (exact) mass is 432 g/mol. The molecule has 1 aliphatic heterocycles. The molecule has 1 saturated heterocycles. The van der Waals surface area contributed by atoms with Crippen LogP contribution in [-0.2, 0) is 9.59 Å². The molecule has 2 aromatic carbocycles. The molecule has 0 saturated carbocycles. The van der Waals surface area contributed by atoms with Crippen LogP contribution >= 0.6 is 11.8 Å². The van der Waals surface area contributed by atoms with Crippen molar-refractivity contribution in [3.8, 4) is 0 Å². The number of benzene rings is 2. The van der Waals surface area contributed by atoms with Crippen molar-refractivity contribution in [1.29, 1.82) is 0 Å². The molecule has 3 rings (SSSR count). The number of carbonyl (C=O) groups is 2. The van der Waals surface area contributed by atoms with Crippen molar-refractivity contribution in [3.63, 3.8) is 0 Å². The van der Waals surface area contributed by atoms with E-state index in [-0.39, 0.29) is 29.2 Å². The fourth-order valence-electron chi connectivity index (χ4n) is 3.59. The highest BCUT2D eigenvalue weighted by Crippen LogP contribution is 2.43. The van der Waals surface area contributed by atoms with Crippen LogP contribution in [0.1, 0.15) is 50.5 Å². The minimum Gasteiger partial charge on any atom is -0.326 e. The van der Waals surface area contributed by atoms with E-state index in [9.17, 15) is 18.4 Å². The number of anilines is 2. The number of rotatable bonds is 8. The standard InChI is InChI=1S/C23H26F2N2O2S/c1-3-5-7-15(4-2)22(29)26-18-9-6-8-16(12-18)23-27(21(28)14-30-23)20-13-17(24)10-11-19(20)25/h6,8-13,15,23H,3-5,7,14H2,1-2H3,(H,26,29). The van der Waals surface area contributed by atoms with Gasteiger partial charge in [0.1, 0.15) is 17.0 Å². The van der Waals surface area contributed by atoms with Crippen molar-refractivity contribution in [3.05, 3.63) is 59.7 Å².